The van der Waals surface area contributed by atoms with E-state index in [0.717, 1.165) is 32.2 Å². The quantitative estimate of drug-likeness (QED) is 0.753. The Labute approximate surface area is 104 Å². The topological polar surface area (TPSA) is 38.3 Å². The number of rotatable bonds is 2. The van der Waals surface area contributed by atoms with Crippen LogP contribution in [0.4, 0.5) is 0 Å². The van der Waals surface area contributed by atoms with E-state index < -0.39 is 0 Å². The van der Waals surface area contributed by atoms with Crippen LogP contribution >= 0.6 is 0 Å². The van der Waals surface area contributed by atoms with Gasteiger partial charge in [0.05, 0.1) is 0 Å². The van der Waals surface area contributed by atoms with Crippen molar-refractivity contribution in [1.29, 1.82) is 0 Å². The van der Waals surface area contributed by atoms with E-state index in [1.54, 1.807) is 0 Å². The summed E-state index contributed by atoms with van der Waals surface area (Å²) >= 11 is 0. The number of esters is 1. The lowest BCUT2D eigenvalue weighted by atomic mass is 9.76. The largest absolute Gasteiger partial charge is 0.461 e. The third-order valence-electron chi connectivity index (χ3n) is 4.16. The molecule has 0 aromatic heterocycles. The van der Waals surface area contributed by atoms with Crippen molar-refractivity contribution in [1.82, 2.24) is 5.32 Å². The van der Waals surface area contributed by atoms with Gasteiger partial charge in [-0.25, -0.2) is 0 Å². The summed E-state index contributed by atoms with van der Waals surface area (Å²) in [5.41, 5.74) is 0.437. The van der Waals surface area contributed by atoms with Crippen molar-refractivity contribution in [2.75, 3.05) is 6.54 Å². The number of hydrogen-bond acceptors (Lipinski definition) is 3. The molecule has 2 aliphatic rings. The average Bonchev–Trinajstić information content (AvgIpc) is 2.33. The van der Waals surface area contributed by atoms with Crippen molar-refractivity contribution in [3.63, 3.8) is 0 Å². The number of hydrogen-bond donors (Lipinski definition) is 1. The lowest BCUT2D eigenvalue weighted by Crippen LogP contribution is -2.43. The van der Waals surface area contributed by atoms with Gasteiger partial charge in [0, 0.05) is 0 Å². The fourth-order valence-electron chi connectivity index (χ4n) is 2.79. The third-order valence-corrected chi connectivity index (χ3v) is 4.16. The van der Waals surface area contributed by atoms with Crippen LogP contribution in [-0.4, -0.2) is 24.7 Å². The maximum absolute atomic E-state index is 11.9. The smallest absolute Gasteiger partial charge is 0.323 e. The highest BCUT2D eigenvalue weighted by atomic mass is 16.5. The molecular weight excluding hydrogens is 214 g/mol. The zero-order valence-electron chi connectivity index (χ0n) is 11.1. The molecule has 0 amide bonds. The van der Waals surface area contributed by atoms with E-state index in [1.807, 2.05) is 0 Å². The van der Waals surface area contributed by atoms with E-state index in [0.29, 0.717) is 5.41 Å². The second-order valence-electron chi connectivity index (χ2n) is 6.30. The molecule has 2 rings (SSSR count). The Balaban J connectivity index is 1.75. The summed E-state index contributed by atoms with van der Waals surface area (Å²) in [6.45, 7) is 5.55. The molecule has 3 heteroatoms. The standard InChI is InChI=1S/C14H25NO2/c1-14(2)8-6-11(7-9-14)17-13(16)12-5-3-4-10-15-12/h11-12,15H,3-10H2,1-2H3/t12-/m1/s1. The average molecular weight is 239 g/mol. The van der Waals surface area contributed by atoms with Crippen molar-refractivity contribution >= 4 is 5.97 Å². The zero-order valence-corrected chi connectivity index (χ0v) is 11.1. The Morgan fingerprint density at radius 2 is 1.88 bits per heavy atom. The first-order valence-corrected chi connectivity index (χ1v) is 7.01. The summed E-state index contributed by atoms with van der Waals surface area (Å²) in [6.07, 6.45) is 7.84. The third kappa shape index (κ3) is 3.70. The molecule has 1 saturated carbocycles. The zero-order chi connectivity index (χ0) is 12.3. The Kier molecular flexibility index (Phi) is 4.08. The molecule has 1 atom stereocenters. The van der Waals surface area contributed by atoms with Crippen molar-refractivity contribution < 1.29 is 9.53 Å². The van der Waals surface area contributed by atoms with Crippen molar-refractivity contribution in [2.45, 2.75) is 70.9 Å². The lowest BCUT2D eigenvalue weighted by molar-refractivity contribution is -0.154. The fourth-order valence-corrected chi connectivity index (χ4v) is 2.79. The van der Waals surface area contributed by atoms with Gasteiger partial charge in [0.2, 0.25) is 0 Å². The van der Waals surface area contributed by atoms with Crippen LogP contribution in [-0.2, 0) is 9.53 Å². The molecule has 1 heterocycles. The summed E-state index contributed by atoms with van der Waals surface area (Å²) < 4.78 is 5.62. The normalized spacial score (nSPS) is 29.9. The van der Waals surface area contributed by atoms with Crippen LogP contribution < -0.4 is 5.32 Å². The molecule has 0 aromatic carbocycles. The van der Waals surface area contributed by atoms with E-state index in [-0.39, 0.29) is 18.1 Å². The number of ether oxygens (including phenoxy) is 1. The van der Waals surface area contributed by atoms with Crippen molar-refractivity contribution in [3.8, 4) is 0 Å². The monoisotopic (exact) mass is 239 g/mol. The molecule has 0 unspecified atom stereocenters. The number of carbonyl (C=O) groups excluding carboxylic acids is 1. The van der Waals surface area contributed by atoms with Gasteiger partial charge in [-0.3, -0.25) is 4.79 Å². The van der Waals surface area contributed by atoms with Crippen LogP contribution in [0.25, 0.3) is 0 Å². The molecule has 1 saturated heterocycles. The fraction of sp³-hybridized carbons (Fsp3) is 0.929. The van der Waals surface area contributed by atoms with Gasteiger partial charge < -0.3 is 10.1 Å². The highest BCUT2D eigenvalue weighted by Crippen LogP contribution is 2.36. The summed E-state index contributed by atoms with van der Waals surface area (Å²) in [7, 11) is 0. The van der Waals surface area contributed by atoms with E-state index in [1.165, 1.54) is 19.3 Å². The Morgan fingerprint density at radius 1 is 1.18 bits per heavy atom. The Bertz CT molecular complexity index is 259. The summed E-state index contributed by atoms with van der Waals surface area (Å²) in [5, 5.41) is 3.25. The first-order valence-electron chi connectivity index (χ1n) is 7.01. The van der Waals surface area contributed by atoms with Crippen LogP contribution in [0.1, 0.15) is 58.8 Å². The predicted octanol–water partition coefficient (Wildman–Crippen LogP) is 2.64. The summed E-state index contributed by atoms with van der Waals surface area (Å²) in [4.78, 5) is 11.9. The number of carbonyl (C=O) groups is 1. The molecule has 17 heavy (non-hydrogen) atoms. The first kappa shape index (κ1) is 12.9. The maximum Gasteiger partial charge on any atom is 0.323 e. The van der Waals surface area contributed by atoms with Gasteiger partial charge in [-0.05, 0) is 50.5 Å². The van der Waals surface area contributed by atoms with E-state index in [9.17, 15) is 4.79 Å². The van der Waals surface area contributed by atoms with Crippen LogP contribution in [0.15, 0.2) is 0 Å². The van der Waals surface area contributed by atoms with Crippen LogP contribution in [0.3, 0.4) is 0 Å². The molecule has 3 nitrogen and oxygen atoms in total. The van der Waals surface area contributed by atoms with Crippen LogP contribution in [0, 0.1) is 5.41 Å². The molecule has 1 aliphatic carbocycles. The Hall–Kier alpha value is -0.570. The molecule has 1 N–H and O–H groups in total. The van der Waals surface area contributed by atoms with Gasteiger partial charge in [0.15, 0.2) is 0 Å². The molecule has 0 aromatic rings. The minimum atomic E-state index is -0.0429. The van der Waals surface area contributed by atoms with E-state index in [2.05, 4.69) is 19.2 Å². The lowest BCUT2D eigenvalue weighted by Gasteiger charge is -2.34. The van der Waals surface area contributed by atoms with Gasteiger partial charge in [-0.1, -0.05) is 20.3 Å². The van der Waals surface area contributed by atoms with Gasteiger partial charge in [-0.15, -0.1) is 0 Å². The predicted molar refractivity (Wildman–Crippen MR) is 67.8 cm³/mol. The number of nitrogens with one attached hydrogen (secondary N) is 1. The molecule has 1 aliphatic heterocycles. The van der Waals surface area contributed by atoms with Gasteiger partial charge >= 0.3 is 5.97 Å². The molecule has 2 fully saturated rings. The summed E-state index contributed by atoms with van der Waals surface area (Å²) in [5.74, 6) is -0.0191. The SMILES string of the molecule is CC1(C)CCC(OC(=O)[C@H]2CCCCN2)CC1. The van der Waals surface area contributed by atoms with E-state index >= 15 is 0 Å². The minimum absolute atomic E-state index is 0.0191. The van der Waals surface area contributed by atoms with Gasteiger partial charge in [0.25, 0.3) is 0 Å². The molecular formula is C14H25NO2. The van der Waals surface area contributed by atoms with Crippen LogP contribution in [0.5, 0.6) is 0 Å². The molecule has 0 radical (unpaired) electrons. The Morgan fingerprint density at radius 3 is 2.47 bits per heavy atom. The second kappa shape index (κ2) is 5.38. The minimum Gasteiger partial charge on any atom is -0.461 e. The number of piperidine rings is 1. The van der Waals surface area contributed by atoms with Gasteiger partial charge in [0.1, 0.15) is 12.1 Å². The van der Waals surface area contributed by atoms with E-state index in [4.69, 9.17) is 4.74 Å². The highest BCUT2D eigenvalue weighted by molar-refractivity contribution is 5.76. The molecule has 98 valence electrons. The molecule has 0 spiro atoms. The van der Waals surface area contributed by atoms with Gasteiger partial charge in [-0.2, -0.15) is 0 Å². The van der Waals surface area contributed by atoms with Crippen molar-refractivity contribution in [3.05, 3.63) is 0 Å². The summed E-state index contributed by atoms with van der Waals surface area (Å²) in [6, 6.07) is -0.0429. The first-order chi connectivity index (χ1) is 8.07. The highest BCUT2D eigenvalue weighted by Gasteiger charge is 2.30. The second-order valence-corrected chi connectivity index (χ2v) is 6.30. The van der Waals surface area contributed by atoms with Crippen molar-refractivity contribution in [2.24, 2.45) is 5.41 Å². The van der Waals surface area contributed by atoms with Crippen LogP contribution in [0.2, 0.25) is 0 Å². The molecule has 0 bridgehead atoms. The maximum atomic E-state index is 11.9.